The molecule has 0 spiro atoms. The fraction of sp³-hybridized carbons (Fsp3) is 0.167. The molecule has 1 N–H and O–H groups in total. The van der Waals surface area contributed by atoms with E-state index in [2.05, 4.69) is 5.32 Å². The molecular weight excluding hydrogens is 536 g/mol. The van der Waals surface area contributed by atoms with E-state index in [1.54, 1.807) is 0 Å². The summed E-state index contributed by atoms with van der Waals surface area (Å²) in [5.74, 6) is -9.66. The van der Waals surface area contributed by atoms with Crippen molar-refractivity contribution in [3.05, 3.63) is 99.3 Å². The first kappa shape index (κ1) is 25.4. The van der Waals surface area contributed by atoms with E-state index in [0.717, 1.165) is 24.3 Å². The average molecular weight is 549 g/mol. The second-order valence-electron chi connectivity index (χ2n) is 7.96. The first-order valence-corrected chi connectivity index (χ1v) is 11.1. The van der Waals surface area contributed by atoms with E-state index in [1.807, 2.05) is 0 Å². The van der Waals surface area contributed by atoms with Gasteiger partial charge in [0.05, 0.1) is 22.2 Å². The van der Waals surface area contributed by atoms with Crippen molar-refractivity contribution >= 4 is 52.2 Å². The van der Waals surface area contributed by atoms with Gasteiger partial charge in [0, 0.05) is 18.4 Å². The summed E-state index contributed by atoms with van der Waals surface area (Å²) in [6.45, 7) is 0. The summed E-state index contributed by atoms with van der Waals surface area (Å²) in [5.41, 5.74) is -0.0982. The van der Waals surface area contributed by atoms with E-state index < -0.39 is 56.9 Å². The molecule has 182 valence electrons. The van der Waals surface area contributed by atoms with Crippen molar-refractivity contribution in [2.75, 3.05) is 5.32 Å². The predicted molar refractivity (Wildman–Crippen MR) is 121 cm³/mol. The van der Waals surface area contributed by atoms with Crippen molar-refractivity contribution in [1.82, 2.24) is 0 Å². The third kappa shape index (κ3) is 5.01. The van der Waals surface area contributed by atoms with Crippen molar-refractivity contribution in [3.63, 3.8) is 0 Å². The quantitative estimate of drug-likeness (QED) is 0.205. The molecule has 1 aliphatic rings. The highest BCUT2D eigenvalue weighted by Gasteiger charge is 2.67. The molecule has 0 aliphatic heterocycles. The molecule has 1 saturated carbocycles. The van der Waals surface area contributed by atoms with Crippen molar-refractivity contribution in [1.29, 1.82) is 0 Å². The number of carbonyl (C=O) groups is 2. The summed E-state index contributed by atoms with van der Waals surface area (Å²) in [6, 6.07) is 8.18. The zero-order valence-electron chi connectivity index (χ0n) is 17.3. The van der Waals surface area contributed by atoms with Gasteiger partial charge in [0.25, 0.3) is 5.91 Å². The Morgan fingerprint density at radius 3 is 2.17 bits per heavy atom. The Balaban J connectivity index is 1.52. The van der Waals surface area contributed by atoms with Gasteiger partial charge in [0.2, 0.25) is 0 Å². The molecule has 3 aromatic carbocycles. The summed E-state index contributed by atoms with van der Waals surface area (Å²) in [5, 5.41) is 2.28. The predicted octanol–water partition coefficient (Wildman–Crippen LogP) is 6.99. The number of carbonyl (C=O) groups excluding carboxylic acids is 2. The van der Waals surface area contributed by atoms with Crippen molar-refractivity contribution < 1.29 is 31.5 Å². The molecule has 0 radical (unpaired) electrons. The van der Waals surface area contributed by atoms with Crippen LogP contribution in [0.3, 0.4) is 0 Å². The highest BCUT2D eigenvalue weighted by atomic mass is 35.5. The summed E-state index contributed by atoms with van der Waals surface area (Å²) >= 11 is 18.5. The third-order valence-electron chi connectivity index (χ3n) is 5.60. The first-order chi connectivity index (χ1) is 16.4. The Morgan fingerprint density at radius 2 is 1.54 bits per heavy atom. The van der Waals surface area contributed by atoms with E-state index in [9.17, 15) is 31.5 Å². The van der Waals surface area contributed by atoms with Crippen molar-refractivity contribution in [3.8, 4) is 0 Å². The molecule has 4 rings (SSSR count). The molecule has 0 aromatic heterocycles. The van der Waals surface area contributed by atoms with E-state index in [1.165, 1.54) is 18.2 Å². The van der Waals surface area contributed by atoms with E-state index in [4.69, 9.17) is 34.8 Å². The van der Waals surface area contributed by atoms with Crippen LogP contribution in [0, 0.1) is 35.0 Å². The number of hydrogen-bond donors (Lipinski definition) is 1. The molecule has 2 atom stereocenters. The number of ketones is 1. The highest BCUT2D eigenvalue weighted by Crippen LogP contribution is 2.65. The molecule has 0 saturated heterocycles. The van der Waals surface area contributed by atoms with Gasteiger partial charge in [-0.2, -0.15) is 0 Å². The van der Waals surface area contributed by atoms with Gasteiger partial charge in [-0.25, -0.2) is 22.0 Å². The smallest absolute Gasteiger partial charge is 0.257 e. The maximum atomic E-state index is 13.9. The van der Waals surface area contributed by atoms with Crippen molar-refractivity contribution in [2.24, 2.45) is 5.92 Å². The Hall–Kier alpha value is -2.68. The number of anilines is 1. The van der Waals surface area contributed by atoms with Crippen LogP contribution in [0.15, 0.2) is 48.5 Å². The van der Waals surface area contributed by atoms with Gasteiger partial charge in [0.1, 0.15) is 21.8 Å². The largest absolute Gasteiger partial charge is 0.319 e. The van der Waals surface area contributed by atoms with E-state index in [0.29, 0.717) is 11.6 Å². The lowest BCUT2D eigenvalue weighted by Gasteiger charge is -2.10. The molecule has 1 amide bonds. The zero-order valence-corrected chi connectivity index (χ0v) is 19.6. The molecule has 3 nitrogen and oxygen atoms in total. The number of benzene rings is 3. The summed E-state index contributed by atoms with van der Waals surface area (Å²) < 4.78 is 65.8. The Morgan fingerprint density at radius 1 is 0.886 bits per heavy atom. The standard InChI is InChI=1S/C24H13Cl3F5NO2/c25-14-3-1-10(5-13(14)23(35)33-18-4-2-12(28)9-15(18)29)6-19(34)21-20(24(21,26)27)11-7-16(30)22(32)17(31)8-11/h1-5,7-9,20-21H,6H2,(H,33,35). The SMILES string of the molecule is O=C(Nc1ccc(F)cc1F)c1cc(CC(=O)C2C(c3cc(F)c(F)c(F)c3)C2(Cl)Cl)ccc1Cl. The number of nitrogens with one attached hydrogen (secondary N) is 1. The van der Waals surface area contributed by atoms with Gasteiger partial charge >= 0.3 is 0 Å². The Kier molecular flexibility index (Phi) is 6.83. The molecule has 11 heteroatoms. The minimum Gasteiger partial charge on any atom is -0.319 e. The maximum absolute atomic E-state index is 13.9. The van der Waals surface area contributed by atoms with Crippen LogP contribution in [-0.4, -0.2) is 16.0 Å². The lowest BCUT2D eigenvalue weighted by Crippen LogP contribution is -2.15. The molecule has 1 aliphatic carbocycles. The Labute approximate surface area is 210 Å². The fourth-order valence-corrected chi connectivity index (χ4v) is 4.92. The lowest BCUT2D eigenvalue weighted by atomic mass is 10.0. The third-order valence-corrected chi connectivity index (χ3v) is 6.87. The second kappa shape index (κ2) is 9.41. The summed E-state index contributed by atoms with van der Waals surface area (Å²) in [6.07, 6.45) is -0.267. The number of alkyl halides is 2. The minimum atomic E-state index is -1.67. The van der Waals surface area contributed by atoms with Gasteiger partial charge < -0.3 is 5.32 Å². The number of Topliss-reactive ketones (excluding diaryl/α,β-unsaturated/α-hetero) is 1. The number of rotatable bonds is 6. The van der Waals surface area contributed by atoms with E-state index >= 15 is 0 Å². The van der Waals surface area contributed by atoms with Gasteiger partial charge in [0.15, 0.2) is 17.5 Å². The molecule has 0 heterocycles. The van der Waals surface area contributed by atoms with Crippen LogP contribution in [0.4, 0.5) is 27.6 Å². The normalized spacial score (nSPS) is 18.3. The van der Waals surface area contributed by atoms with Crippen LogP contribution in [0.25, 0.3) is 0 Å². The van der Waals surface area contributed by atoms with Crippen LogP contribution >= 0.6 is 34.8 Å². The molecule has 3 aromatic rings. The van der Waals surface area contributed by atoms with Crippen LogP contribution < -0.4 is 5.32 Å². The monoisotopic (exact) mass is 547 g/mol. The molecule has 2 unspecified atom stereocenters. The van der Waals surface area contributed by atoms with Gasteiger partial charge in [-0.3, -0.25) is 9.59 Å². The molecule has 1 fully saturated rings. The molecule has 0 bridgehead atoms. The van der Waals surface area contributed by atoms with Crippen LogP contribution in [-0.2, 0) is 11.2 Å². The summed E-state index contributed by atoms with van der Waals surface area (Å²) in [7, 11) is 0. The minimum absolute atomic E-state index is 0.00631. The number of halogens is 8. The first-order valence-electron chi connectivity index (χ1n) is 10.00. The molecular formula is C24H13Cl3F5NO2. The van der Waals surface area contributed by atoms with Crippen molar-refractivity contribution in [2.45, 2.75) is 16.7 Å². The van der Waals surface area contributed by atoms with E-state index in [-0.39, 0.29) is 28.3 Å². The second-order valence-corrected chi connectivity index (χ2v) is 9.82. The lowest BCUT2D eigenvalue weighted by molar-refractivity contribution is -0.119. The fourth-order valence-electron chi connectivity index (χ4n) is 3.84. The van der Waals surface area contributed by atoms with Gasteiger partial charge in [-0.05, 0) is 47.5 Å². The van der Waals surface area contributed by atoms with Gasteiger partial charge in [-0.1, -0.05) is 17.7 Å². The Bertz CT molecular complexity index is 1340. The van der Waals surface area contributed by atoms with Crippen LogP contribution in [0.5, 0.6) is 0 Å². The van der Waals surface area contributed by atoms with Gasteiger partial charge in [-0.15, -0.1) is 23.2 Å². The van der Waals surface area contributed by atoms with Crippen LogP contribution in [0.1, 0.15) is 27.4 Å². The zero-order chi connectivity index (χ0) is 25.7. The summed E-state index contributed by atoms with van der Waals surface area (Å²) in [4.78, 5) is 25.5. The maximum Gasteiger partial charge on any atom is 0.257 e. The number of amides is 1. The van der Waals surface area contributed by atoms with Crippen LogP contribution in [0.2, 0.25) is 5.02 Å². The highest BCUT2D eigenvalue weighted by molar-refractivity contribution is 6.53. The average Bonchev–Trinajstić information content (AvgIpc) is 3.37. The topological polar surface area (TPSA) is 46.2 Å². The molecule has 35 heavy (non-hydrogen) atoms. The number of hydrogen-bond acceptors (Lipinski definition) is 2.